The molecule has 0 aliphatic heterocycles. The minimum absolute atomic E-state index is 0.986. The van der Waals surface area contributed by atoms with Crippen molar-refractivity contribution in [3.05, 3.63) is 94.5 Å². The Bertz CT molecular complexity index is 1050. The van der Waals surface area contributed by atoms with Crippen molar-refractivity contribution in [2.45, 2.75) is 27.2 Å². The van der Waals surface area contributed by atoms with E-state index in [1.54, 1.807) is 0 Å². The first-order chi connectivity index (χ1) is 11.6. The fraction of sp³-hybridized carbons (Fsp3) is 0.167. The van der Waals surface area contributed by atoms with Gasteiger partial charge in [-0.25, -0.2) is 0 Å². The number of hydrogen-bond donors (Lipinski definition) is 0. The summed E-state index contributed by atoms with van der Waals surface area (Å²) in [6.45, 7) is 6.64. The Kier molecular flexibility index (Phi) is 3.61. The molecule has 0 amide bonds. The van der Waals surface area contributed by atoms with Crippen LogP contribution < -0.4 is 0 Å². The third-order valence-electron chi connectivity index (χ3n) is 5.15. The van der Waals surface area contributed by atoms with Crippen LogP contribution in [0.25, 0.3) is 21.5 Å². The molecular formula is C24H22. The van der Waals surface area contributed by atoms with E-state index in [1.165, 1.54) is 49.4 Å². The molecule has 0 aliphatic carbocycles. The van der Waals surface area contributed by atoms with Crippen LogP contribution >= 0.6 is 0 Å². The van der Waals surface area contributed by atoms with Gasteiger partial charge in [0.05, 0.1) is 0 Å². The van der Waals surface area contributed by atoms with Gasteiger partial charge in [0.2, 0.25) is 0 Å². The van der Waals surface area contributed by atoms with Crippen molar-refractivity contribution in [1.29, 1.82) is 0 Å². The van der Waals surface area contributed by atoms with Gasteiger partial charge in [0.25, 0.3) is 0 Å². The average Bonchev–Trinajstić information content (AvgIpc) is 2.59. The predicted molar refractivity (Wildman–Crippen MR) is 105 cm³/mol. The third-order valence-corrected chi connectivity index (χ3v) is 5.15. The van der Waals surface area contributed by atoms with Crippen molar-refractivity contribution >= 4 is 21.5 Å². The van der Waals surface area contributed by atoms with Gasteiger partial charge < -0.3 is 0 Å². The van der Waals surface area contributed by atoms with E-state index in [0.29, 0.717) is 0 Å². The van der Waals surface area contributed by atoms with E-state index in [-0.39, 0.29) is 0 Å². The van der Waals surface area contributed by atoms with Crippen LogP contribution in [0, 0.1) is 20.8 Å². The molecule has 0 heterocycles. The van der Waals surface area contributed by atoms with Gasteiger partial charge >= 0.3 is 0 Å². The zero-order valence-corrected chi connectivity index (χ0v) is 14.6. The zero-order chi connectivity index (χ0) is 16.7. The van der Waals surface area contributed by atoms with E-state index in [0.717, 1.165) is 6.42 Å². The Balaban J connectivity index is 1.96. The van der Waals surface area contributed by atoms with Gasteiger partial charge in [0, 0.05) is 0 Å². The topological polar surface area (TPSA) is 0 Å². The van der Waals surface area contributed by atoms with Crippen molar-refractivity contribution < 1.29 is 0 Å². The second kappa shape index (κ2) is 5.79. The number of hydrogen-bond acceptors (Lipinski definition) is 0. The van der Waals surface area contributed by atoms with E-state index >= 15 is 0 Å². The van der Waals surface area contributed by atoms with Crippen LogP contribution in [0.2, 0.25) is 0 Å². The summed E-state index contributed by atoms with van der Waals surface area (Å²) in [7, 11) is 0. The largest absolute Gasteiger partial charge is 0.0616 e. The minimum Gasteiger partial charge on any atom is -0.0616 e. The first-order valence-electron chi connectivity index (χ1n) is 8.59. The maximum atomic E-state index is 2.33. The summed E-state index contributed by atoms with van der Waals surface area (Å²) in [5, 5.41) is 5.43. The number of aryl methyl sites for hydroxylation is 3. The number of rotatable bonds is 2. The van der Waals surface area contributed by atoms with Gasteiger partial charge in [-0.2, -0.15) is 0 Å². The van der Waals surface area contributed by atoms with Crippen molar-refractivity contribution in [2.75, 3.05) is 0 Å². The quantitative estimate of drug-likeness (QED) is 0.396. The Labute approximate surface area is 143 Å². The fourth-order valence-corrected chi connectivity index (χ4v) is 3.70. The molecule has 4 aromatic rings. The molecule has 0 nitrogen and oxygen atoms in total. The molecule has 4 aromatic carbocycles. The van der Waals surface area contributed by atoms with E-state index in [1.807, 2.05) is 0 Å². The summed E-state index contributed by atoms with van der Waals surface area (Å²) >= 11 is 0. The lowest BCUT2D eigenvalue weighted by molar-refractivity contribution is 1.16. The van der Waals surface area contributed by atoms with Crippen molar-refractivity contribution in [3.63, 3.8) is 0 Å². The lowest BCUT2D eigenvalue weighted by Crippen LogP contribution is -1.98. The Morgan fingerprint density at radius 1 is 0.583 bits per heavy atom. The van der Waals surface area contributed by atoms with Crippen molar-refractivity contribution in [3.8, 4) is 0 Å². The van der Waals surface area contributed by atoms with Crippen LogP contribution in [0.3, 0.4) is 0 Å². The molecule has 0 saturated heterocycles. The normalized spacial score (nSPS) is 11.3. The Morgan fingerprint density at radius 2 is 1.17 bits per heavy atom. The van der Waals surface area contributed by atoms with Gasteiger partial charge in [-0.05, 0) is 71.0 Å². The summed E-state index contributed by atoms with van der Waals surface area (Å²) in [5.41, 5.74) is 6.98. The molecule has 0 spiro atoms. The fourth-order valence-electron chi connectivity index (χ4n) is 3.70. The summed E-state index contributed by atoms with van der Waals surface area (Å²) in [5.74, 6) is 0. The molecule has 0 aromatic heterocycles. The first-order valence-corrected chi connectivity index (χ1v) is 8.59. The molecule has 0 saturated carbocycles. The lowest BCUT2D eigenvalue weighted by Gasteiger charge is -2.15. The van der Waals surface area contributed by atoms with Crippen LogP contribution in [0.4, 0.5) is 0 Å². The third kappa shape index (κ3) is 2.49. The molecule has 0 N–H and O–H groups in total. The minimum atomic E-state index is 0.986. The lowest BCUT2D eigenvalue weighted by atomic mass is 9.89. The smallest absolute Gasteiger partial charge is 0.000820 e. The summed E-state index contributed by atoms with van der Waals surface area (Å²) in [6, 6.07) is 24.5. The Hall–Kier alpha value is -2.60. The second-order valence-corrected chi connectivity index (χ2v) is 6.84. The SMILES string of the molecule is Cc1ccc2ccc(C)c(Cc3c(C)ccc4ccccc34)c2c1. The molecule has 0 heteroatoms. The van der Waals surface area contributed by atoms with Gasteiger partial charge in [-0.3, -0.25) is 0 Å². The highest BCUT2D eigenvalue weighted by atomic mass is 14.1. The maximum absolute atomic E-state index is 2.33. The molecule has 24 heavy (non-hydrogen) atoms. The van der Waals surface area contributed by atoms with Gasteiger partial charge in [0.15, 0.2) is 0 Å². The Morgan fingerprint density at radius 3 is 1.92 bits per heavy atom. The predicted octanol–water partition coefficient (Wildman–Crippen LogP) is 6.51. The second-order valence-electron chi connectivity index (χ2n) is 6.84. The van der Waals surface area contributed by atoms with Gasteiger partial charge in [0.1, 0.15) is 0 Å². The molecule has 0 bridgehead atoms. The van der Waals surface area contributed by atoms with E-state index in [4.69, 9.17) is 0 Å². The number of benzene rings is 4. The average molecular weight is 310 g/mol. The van der Waals surface area contributed by atoms with Crippen LogP contribution in [-0.4, -0.2) is 0 Å². The van der Waals surface area contributed by atoms with Crippen LogP contribution in [0.5, 0.6) is 0 Å². The van der Waals surface area contributed by atoms with E-state index in [9.17, 15) is 0 Å². The molecule has 0 atom stereocenters. The van der Waals surface area contributed by atoms with Crippen LogP contribution in [0.15, 0.2) is 66.7 Å². The molecule has 118 valence electrons. The van der Waals surface area contributed by atoms with Crippen LogP contribution in [-0.2, 0) is 6.42 Å². The molecule has 4 rings (SSSR count). The molecule has 0 aliphatic rings. The molecular weight excluding hydrogens is 288 g/mol. The molecule has 0 fully saturated rings. The summed E-state index contributed by atoms with van der Waals surface area (Å²) in [4.78, 5) is 0. The molecule has 0 radical (unpaired) electrons. The summed E-state index contributed by atoms with van der Waals surface area (Å²) in [6.07, 6.45) is 0.986. The summed E-state index contributed by atoms with van der Waals surface area (Å²) < 4.78 is 0. The number of fused-ring (bicyclic) bond motifs is 2. The zero-order valence-electron chi connectivity index (χ0n) is 14.6. The monoisotopic (exact) mass is 310 g/mol. The van der Waals surface area contributed by atoms with Crippen molar-refractivity contribution in [1.82, 2.24) is 0 Å². The standard InChI is InChI=1S/C24H22/c1-16-8-11-20-13-10-18(3)23(24(20)14-16)15-22-17(2)9-12-19-6-4-5-7-21(19)22/h4-14H,15H2,1-3H3. The van der Waals surface area contributed by atoms with E-state index < -0.39 is 0 Å². The van der Waals surface area contributed by atoms with Crippen molar-refractivity contribution in [2.24, 2.45) is 0 Å². The highest BCUT2D eigenvalue weighted by Crippen LogP contribution is 2.30. The first kappa shape index (κ1) is 15.0. The van der Waals surface area contributed by atoms with Gasteiger partial charge in [-0.15, -0.1) is 0 Å². The highest BCUT2D eigenvalue weighted by molar-refractivity contribution is 5.90. The highest BCUT2D eigenvalue weighted by Gasteiger charge is 2.10. The molecule has 0 unspecified atom stereocenters. The van der Waals surface area contributed by atoms with Crippen LogP contribution in [0.1, 0.15) is 27.8 Å². The van der Waals surface area contributed by atoms with E-state index in [2.05, 4.69) is 87.5 Å². The van der Waals surface area contributed by atoms with Gasteiger partial charge in [-0.1, -0.05) is 72.3 Å². The maximum Gasteiger partial charge on any atom is -0.000820 e.